The molecule has 2 aliphatic heterocycles. The second-order valence-corrected chi connectivity index (χ2v) is 14.4. The largest absolute Gasteiger partial charge is 0.496 e. The van der Waals surface area contributed by atoms with E-state index < -0.39 is 29.3 Å². The number of likely N-dealkylation sites (tertiary alicyclic amines) is 2. The van der Waals surface area contributed by atoms with Crippen molar-refractivity contribution in [2.45, 2.75) is 63.8 Å². The lowest BCUT2D eigenvalue weighted by atomic mass is 9.92. The van der Waals surface area contributed by atoms with Crippen LogP contribution in [0.5, 0.6) is 5.75 Å². The predicted octanol–water partition coefficient (Wildman–Crippen LogP) is 5.75. The number of carbonyl (C=O) groups is 2. The SMILES string of the molecule is COc1cc2c(cc1C(=O)NCCCN1CCC(F)CC1)sc1nc(-c3ccc(C4(O)CCN(C(=O)OC(C)(C)C)C4)cc3F)cn12. The molecule has 13 heteroatoms. The van der Waals surface area contributed by atoms with Gasteiger partial charge in [-0.15, -0.1) is 0 Å². The highest BCUT2D eigenvalue weighted by Crippen LogP contribution is 2.37. The zero-order valence-corrected chi connectivity index (χ0v) is 28.0. The van der Waals surface area contributed by atoms with Crippen LogP contribution in [0.15, 0.2) is 36.5 Å². The van der Waals surface area contributed by atoms with Crippen LogP contribution in [0.3, 0.4) is 0 Å². The van der Waals surface area contributed by atoms with Crippen molar-refractivity contribution in [1.82, 2.24) is 24.5 Å². The Morgan fingerprint density at radius 3 is 2.64 bits per heavy atom. The number of amides is 2. The quantitative estimate of drug-likeness (QED) is 0.230. The second-order valence-electron chi connectivity index (χ2n) is 13.4. The predicted molar refractivity (Wildman–Crippen MR) is 176 cm³/mol. The summed E-state index contributed by atoms with van der Waals surface area (Å²) in [6.45, 7) is 8.45. The van der Waals surface area contributed by atoms with Gasteiger partial charge in [-0.05, 0) is 76.8 Å². The van der Waals surface area contributed by atoms with Crippen LogP contribution in [-0.2, 0) is 10.3 Å². The molecule has 47 heavy (non-hydrogen) atoms. The Balaban J connectivity index is 1.15. The summed E-state index contributed by atoms with van der Waals surface area (Å²) in [5.41, 5.74) is 0.220. The average Bonchev–Trinajstić information content (AvgIpc) is 3.72. The van der Waals surface area contributed by atoms with E-state index in [0.717, 1.165) is 36.3 Å². The molecule has 2 fully saturated rings. The van der Waals surface area contributed by atoms with Crippen LogP contribution < -0.4 is 10.1 Å². The molecule has 2 aliphatic rings. The van der Waals surface area contributed by atoms with E-state index in [9.17, 15) is 19.1 Å². The van der Waals surface area contributed by atoms with Gasteiger partial charge in [0.05, 0.1) is 35.1 Å². The fourth-order valence-electron chi connectivity index (χ4n) is 6.25. The van der Waals surface area contributed by atoms with E-state index in [0.29, 0.717) is 53.5 Å². The number of nitrogens with zero attached hydrogens (tertiary/aromatic N) is 4. The minimum atomic E-state index is -1.39. The molecule has 4 aromatic rings. The Labute approximate surface area is 276 Å². The van der Waals surface area contributed by atoms with Crippen LogP contribution in [0.2, 0.25) is 0 Å². The van der Waals surface area contributed by atoms with Gasteiger partial charge in [0.2, 0.25) is 0 Å². The van der Waals surface area contributed by atoms with Crippen molar-refractivity contribution >= 4 is 38.5 Å². The smallest absolute Gasteiger partial charge is 0.410 e. The summed E-state index contributed by atoms with van der Waals surface area (Å²) in [6.07, 6.45) is 2.70. The summed E-state index contributed by atoms with van der Waals surface area (Å²) >= 11 is 1.38. The summed E-state index contributed by atoms with van der Waals surface area (Å²) in [4.78, 5) is 34.6. The number of nitrogens with one attached hydrogen (secondary N) is 1. The van der Waals surface area contributed by atoms with Crippen LogP contribution in [0.1, 0.15) is 62.4 Å². The summed E-state index contributed by atoms with van der Waals surface area (Å²) in [5.74, 6) is -0.362. The van der Waals surface area contributed by atoms with E-state index in [1.807, 2.05) is 4.40 Å². The highest BCUT2D eigenvalue weighted by atomic mass is 32.1. The fourth-order valence-corrected chi connectivity index (χ4v) is 7.28. The highest BCUT2D eigenvalue weighted by molar-refractivity contribution is 7.23. The summed E-state index contributed by atoms with van der Waals surface area (Å²) in [7, 11) is 1.51. The summed E-state index contributed by atoms with van der Waals surface area (Å²) in [5, 5.41) is 14.3. The van der Waals surface area contributed by atoms with Crippen LogP contribution in [0.4, 0.5) is 13.6 Å². The van der Waals surface area contributed by atoms with Gasteiger partial charge in [-0.2, -0.15) is 0 Å². The van der Waals surface area contributed by atoms with Crippen molar-refractivity contribution in [3.63, 3.8) is 0 Å². The molecule has 0 aliphatic carbocycles. The molecule has 4 heterocycles. The number of benzene rings is 2. The molecule has 2 N–H and O–H groups in total. The number of carbonyl (C=O) groups excluding carboxylic acids is 2. The molecular weight excluding hydrogens is 628 g/mol. The molecule has 1 unspecified atom stereocenters. The number of hydrogen-bond donors (Lipinski definition) is 2. The topological polar surface area (TPSA) is 109 Å². The van der Waals surface area contributed by atoms with Crippen LogP contribution in [0.25, 0.3) is 26.4 Å². The van der Waals surface area contributed by atoms with E-state index in [2.05, 4.69) is 15.2 Å². The van der Waals surface area contributed by atoms with E-state index in [1.165, 1.54) is 29.4 Å². The third-order valence-electron chi connectivity index (χ3n) is 8.80. The third kappa shape index (κ3) is 7.07. The number of aliphatic hydroxyl groups is 1. The Bertz CT molecular complexity index is 1790. The van der Waals surface area contributed by atoms with E-state index in [-0.39, 0.29) is 24.4 Å². The molecule has 2 aromatic heterocycles. The number of piperidine rings is 1. The van der Waals surface area contributed by atoms with Gasteiger partial charge in [0.15, 0.2) is 4.96 Å². The number of imidazole rings is 1. The molecule has 10 nitrogen and oxygen atoms in total. The number of thiazole rings is 1. The molecule has 6 rings (SSSR count). The van der Waals surface area contributed by atoms with Gasteiger partial charge in [-0.3, -0.25) is 9.20 Å². The van der Waals surface area contributed by atoms with Crippen molar-refractivity contribution in [1.29, 1.82) is 0 Å². The molecule has 0 spiro atoms. The van der Waals surface area contributed by atoms with Gasteiger partial charge in [-0.1, -0.05) is 17.4 Å². The van der Waals surface area contributed by atoms with Gasteiger partial charge in [0.1, 0.15) is 28.9 Å². The minimum Gasteiger partial charge on any atom is -0.496 e. The molecule has 0 bridgehead atoms. The van der Waals surface area contributed by atoms with Gasteiger partial charge in [0.25, 0.3) is 5.91 Å². The molecule has 2 amide bonds. The average molecular weight is 670 g/mol. The standard InChI is InChI=1S/C34H41F2N5O5S/c1-33(2,3)46-32(43)40-15-10-34(44,20-40)21-6-7-23(25(36)16-21)26-19-41-27-18-28(45-4)24(17-29(27)47-31(41)38-26)30(42)37-11-5-12-39-13-8-22(35)9-14-39/h6-7,16-19,22,44H,5,8-15,20H2,1-4H3,(H,37,42). The highest BCUT2D eigenvalue weighted by Gasteiger charge is 2.41. The number of halogens is 2. The molecule has 1 atom stereocenters. The van der Waals surface area contributed by atoms with Crippen molar-refractivity contribution in [3.8, 4) is 17.0 Å². The van der Waals surface area contributed by atoms with Gasteiger partial charge < -0.3 is 29.7 Å². The lowest BCUT2D eigenvalue weighted by Gasteiger charge is -2.28. The van der Waals surface area contributed by atoms with E-state index in [4.69, 9.17) is 9.47 Å². The van der Waals surface area contributed by atoms with E-state index >= 15 is 4.39 Å². The Morgan fingerprint density at radius 2 is 1.94 bits per heavy atom. The minimum absolute atomic E-state index is 0.00923. The van der Waals surface area contributed by atoms with Gasteiger partial charge >= 0.3 is 6.09 Å². The Morgan fingerprint density at radius 1 is 1.17 bits per heavy atom. The zero-order chi connectivity index (χ0) is 33.5. The van der Waals surface area contributed by atoms with Crippen LogP contribution in [0, 0.1) is 5.82 Å². The number of methoxy groups -OCH3 is 1. The number of hydrogen-bond acceptors (Lipinski definition) is 8. The first kappa shape index (κ1) is 33.1. The number of β-amino-alcohol motifs (C(OH)–C–C–N with tert-alkyl or cyclic N) is 1. The number of ether oxygens (including phenoxy) is 2. The maximum Gasteiger partial charge on any atom is 0.410 e. The van der Waals surface area contributed by atoms with Crippen molar-refractivity contribution in [2.24, 2.45) is 0 Å². The second kappa shape index (κ2) is 13.0. The number of alkyl halides is 1. The normalized spacial score (nSPS) is 19.5. The van der Waals surface area contributed by atoms with Crippen molar-refractivity contribution in [2.75, 3.05) is 46.4 Å². The first-order valence-corrected chi connectivity index (χ1v) is 16.8. The first-order valence-electron chi connectivity index (χ1n) is 16.0. The van der Waals surface area contributed by atoms with E-state index in [1.54, 1.807) is 51.2 Å². The Kier molecular flexibility index (Phi) is 9.16. The molecule has 2 aromatic carbocycles. The number of fused-ring (bicyclic) bond motifs is 3. The molecule has 252 valence electrons. The van der Waals surface area contributed by atoms with Crippen molar-refractivity contribution in [3.05, 3.63) is 53.5 Å². The Hall–Kier alpha value is -3.81. The number of rotatable bonds is 8. The maximum atomic E-state index is 15.6. The molecule has 2 saturated heterocycles. The molecular formula is C34H41F2N5O5S. The zero-order valence-electron chi connectivity index (χ0n) is 27.1. The van der Waals surface area contributed by atoms with Crippen LogP contribution >= 0.6 is 11.3 Å². The third-order valence-corrected chi connectivity index (χ3v) is 9.81. The summed E-state index contributed by atoms with van der Waals surface area (Å²) in [6, 6.07) is 8.14. The number of aromatic nitrogens is 2. The van der Waals surface area contributed by atoms with Gasteiger partial charge in [0, 0.05) is 44.0 Å². The molecule has 0 saturated carbocycles. The van der Waals surface area contributed by atoms with Crippen molar-refractivity contribution < 1.29 is 33.0 Å². The maximum absolute atomic E-state index is 15.6. The lowest BCUT2D eigenvalue weighted by Crippen LogP contribution is -2.38. The molecule has 0 radical (unpaired) electrons. The monoisotopic (exact) mass is 669 g/mol. The first-order chi connectivity index (χ1) is 22.3. The van der Waals surface area contributed by atoms with Gasteiger partial charge in [-0.25, -0.2) is 18.6 Å². The fraction of sp³-hybridized carbons (Fsp3) is 0.500. The summed E-state index contributed by atoms with van der Waals surface area (Å²) < 4.78 is 42.6. The van der Waals surface area contributed by atoms with Crippen LogP contribution in [-0.4, -0.2) is 94.4 Å². The lowest BCUT2D eigenvalue weighted by molar-refractivity contribution is 0.0139.